The molecule has 0 bridgehead atoms. The van der Waals surface area contributed by atoms with Crippen LogP contribution in [0.4, 0.5) is 0 Å². The molecule has 1 aliphatic rings. The maximum Gasteiger partial charge on any atom is 2.00 e. The van der Waals surface area contributed by atoms with E-state index in [9.17, 15) is 24.3 Å². The van der Waals surface area contributed by atoms with E-state index in [1.807, 2.05) is 51.1 Å². The van der Waals surface area contributed by atoms with Crippen LogP contribution in [0, 0.1) is 0 Å². The van der Waals surface area contributed by atoms with Gasteiger partial charge >= 0.3 is 35.0 Å². The van der Waals surface area contributed by atoms with Crippen LogP contribution in [0.15, 0.2) is 66.2 Å². The number of alkyl halides is 1. The first kappa shape index (κ1) is 44.5. The van der Waals surface area contributed by atoms with E-state index in [0.717, 1.165) is 0 Å². The van der Waals surface area contributed by atoms with Gasteiger partial charge in [0.05, 0.1) is 5.95 Å². The SMILES string of the molecule is CCC(=O)NC(C)C.CCC(=O)OCCOC(=O)C(C)(C)Br.CCC(=O)OCCOC([O-])=C1C=CC=C1.[Fe+2].c1cc[cH-]c1. The van der Waals surface area contributed by atoms with E-state index in [1.54, 1.807) is 52.0 Å². The van der Waals surface area contributed by atoms with Crippen molar-refractivity contribution in [2.75, 3.05) is 26.4 Å². The number of carbonyl (C=O) groups is 4. The van der Waals surface area contributed by atoms with Crippen LogP contribution in [-0.2, 0) is 55.2 Å². The monoisotopic (exact) mass is 711 g/mol. The molecule has 0 radical (unpaired) electrons. The number of rotatable bonds is 12. The van der Waals surface area contributed by atoms with Gasteiger partial charge in [-0.25, -0.2) is 12.1 Å². The van der Waals surface area contributed by atoms with E-state index >= 15 is 0 Å². The van der Waals surface area contributed by atoms with Crippen LogP contribution in [0.5, 0.6) is 0 Å². The first-order chi connectivity index (χ1) is 19.8. The van der Waals surface area contributed by atoms with Crippen LogP contribution in [0.25, 0.3) is 0 Å². The second-order valence-corrected chi connectivity index (χ2v) is 11.1. The minimum absolute atomic E-state index is 0. The standard InChI is InChI=1S/C11H14O4.C9H15BrO4.C6H13NO.C5H5.Fe/c1-2-10(12)14-7-8-15-11(13)9-5-3-4-6-9;1-4-7(11)13-5-6-14-8(12)9(2,3)10;1-4-6(8)7-5(2)3;1-2-4-5-3-1;/h3-6,13H,2,7-8H2,1H3;4-6H2,1-3H3;5H,4H2,1-3H3,(H,7,8);1-5H;/q;;;-1;+2/p-1. The van der Waals surface area contributed by atoms with Gasteiger partial charge in [0.15, 0.2) is 0 Å². The van der Waals surface area contributed by atoms with Gasteiger partial charge < -0.3 is 29.4 Å². The molecular weight excluding hydrogens is 666 g/mol. The molecule has 0 heterocycles. The van der Waals surface area contributed by atoms with E-state index in [0.29, 0.717) is 24.8 Å². The van der Waals surface area contributed by atoms with Gasteiger partial charge in [-0.1, -0.05) is 61.0 Å². The van der Waals surface area contributed by atoms with Crippen molar-refractivity contribution in [2.24, 2.45) is 0 Å². The number of carbonyl (C=O) groups excluding carboxylic acids is 4. The van der Waals surface area contributed by atoms with Crippen molar-refractivity contribution >= 4 is 39.7 Å². The Morgan fingerprint density at radius 1 is 0.837 bits per heavy atom. The Bertz CT molecular complexity index is 951. The molecule has 0 fully saturated rings. The van der Waals surface area contributed by atoms with Gasteiger partial charge in [-0.05, 0) is 33.3 Å². The van der Waals surface area contributed by atoms with Crippen molar-refractivity contribution in [1.29, 1.82) is 0 Å². The van der Waals surface area contributed by atoms with Crippen molar-refractivity contribution in [3.05, 3.63) is 66.2 Å². The Hall–Kier alpha value is -2.95. The Morgan fingerprint density at radius 2 is 1.28 bits per heavy atom. The van der Waals surface area contributed by atoms with E-state index in [4.69, 9.17) is 18.9 Å². The molecular formula is C31H46BrFeNO9. The van der Waals surface area contributed by atoms with Gasteiger partial charge in [0.1, 0.15) is 24.1 Å². The molecule has 0 aromatic heterocycles. The van der Waals surface area contributed by atoms with E-state index in [2.05, 4.69) is 21.2 Å². The Labute approximate surface area is 275 Å². The molecule has 0 atom stereocenters. The molecule has 1 aromatic carbocycles. The maximum absolute atomic E-state index is 11.3. The van der Waals surface area contributed by atoms with Crippen LogP contribution in [-0.4, -0.2) is 60.6 Å². The molecule has 1 N–H and O–H groups in total. The minimum atomic E-state index is -0.693. The Morgan fingerprint density at radius 3 is 1.60 bits per heavy atom. The van der Waals surface area contributed by atoms with Crippen molar-refractivity contribution in [2.45, 2.75) is 78.1 Å². The molecule has 2 rings (SSSR count). The zero-order valence-corrected chi connectivity index (χ0v) is 28.8. The maximum atomic E-state index is 11.3. The molecule has 1 aliphatic carbocycles. The summed E-state index contributed by atoms with van der Waals surface area (Å²) >= 11 is 3.16. The summed E-state index contributed by atoms with van der Waals surface area (Å²) in [5.74, 6) is -1.23. The van der Waals surface area contributed by atoms with Crippen LogP contribution in [0.2, 0.25) is 0 Å². The fourth-order valence-electron chi connectivity index (χ4n) is 2.29. The number of amides is 1. The molecule has 10 nitrogen and oxygen atoms in total. The van der Waals surface area contributed by atoms with Crippen molar-refractivity contribution in [1.82, 2.24) is 5.32 Å². The molecule has 0 saturated carbocycles. The normalized spacial score (nSPS) is 10.8. The first-order valence-corrected chi connectivity index (χ1v) is 14.6. The molecule has 0 saturated heterocycles. The second kappa shape index (κ2) is 27.9. The third-order valence-electron chi connectivity index (χ3n) is 4.45. The van der Waals surface area contributed by atoms with Gasteiger partial charge in [0, 0.05) is 31.9 Å². The molecule has 12 heteroatoms. The fraction of sp³-hybridized carbons (Fsp3) is 0.516. The Balaban J connectivity index is -0.000000526. The number of halogens is 1. The van der Waals surface area contributed by atoms with E-state index < -0.39 is 10.3 Å². The van der Waals surface area contributed by atoms with Gasteiger partial charge in [-0.15, -0.1) is 0 Å². The Kier molecular flexibility index (Phi) is 28.8. The second-order valence-electron chi connectivity index (χ2n) is 9.10. The van der Waals surface area contributed by atoms with Crippen LogP contribution in [0.1, 0.15) is 67.7 Å². The van der Waals surface area contributed by atoms with E-state index in [1.165, 1.54) is 0 Å². The van der Waals surface area contributed by atoms with Crippen molar-refractivity contribution in [3.63, 3.8) is 0 Å². The zero-order valence-electron chi connectivity index (χ0n) is 26.1. The molecule has 1 aromatic rings. The molecule has 43 heavy (non-hydrogen) atoms. The van der Waals surface area contributed by atoms with E-state index in [-0.39, 0.29) is 73.4 Å². The fourth-order valence-corrected chi connectivity index (χ4v) is 2.41. The third-order valence-corrected chi connectivity index (χ3v) is 4.77. The summed E-state index contributed by atoms with van der Waals surface area (Å²) in [5.41, 5.74) is 0.511. The van der Waals surface area contributed by atoms with Gasteiger partial charge in [-0.2, -0.15) is 18.2 Å². The summed E-state index contributed by atoms with van der Waals surface area (Å²) in [6.45, 7) is 12.9. The van der Waals surface area contributed by atoms with Gasteiger partial charge in [-0.3, -0.25) is 19.2 Å². The van der Waals surface area contributed by atoms with Crippen molar-refractivity contribution in [3.8, 4) is 0 Å². The van der Waals surface area contributed by atoms with Crippen LogP contribution >= 0.6 is 15.9 Å². The number of hydrogen-bond acceptors (Lipinski definition) is 9. The summed E-state index contributed by atoms with van der Waals surface area (Å²) in [6.07, 6.45) is 8.09. The topological polar surface area (TPSA) is 140 Å². The molecule has 0 spiro atoms. The van der Waals surface area contributed by atoms with Crippen molar-refractivity contribution < 1.29 is 60.3 Å². The smallest absolute Gasteiger partial charge is 0.609 e. The summed E-state index contributed by atoms with van der Waals surface area (Å²) in [5, 5.41) is 14.0. The minimum Gasteiger partial charge on any atom is -0.609 e. The summed E-state index contributed by atoms with van der Waals surface area (Å²) in [6, 6.07) is 10.3. The first-order valence-electron chi connectivity index (χ1n) is 13.8. The third kappa shape index (κ3) is 28.9. The molecule has 0 unspecified atom stereocenters. The zero-order chi connectivity index (χ0) is 32.4. The quantitative estimate of drug-likeness (QED) is 0.0625. The number of nitrogens with one attached hydrogen (secondary N) is 1. The predicted molar refractivity (Wildman–Crippen MR) is 163 cm³/mol. The van der Waals surface area contributed by atoms with Gasteiger partial charge in [0.25, 0.3) is 0 Å². The largest absolute Gasteiger partial charge is 2.00 e. The predicted octanol–water partition coefficient (Wildman–Crippen LogP) is 4.63. The van der Waals surface area contributed by atoms with Crippen LogP contribution < -0.4 is 10.4 Å². The number of esters is 3. The number of ether oxygens (including phenoxy) is 4. The molecule has 0 aliphatic heterocycles. The average Bonchev–Trinajstić information content (AvgIpc) is 3.70. The summed E-state index contributed by atoms with van der Waals surface area (Å²) in [7, 11) is 0. The summed E-state index contributed by atoms with van der Waals surface area (Å²) < 4.78 is 18.5. The average molecular weight is 712 g/mol. The molecule has 244 valence electrons. The summed E-state index contributed by atoms with van der Waals surface area (Å²) in [4.78, 5) is 43.1. The van der Waals surface area contributed by atoms with Crippen LogP contribution in [0.3, 0.4) is 0 Å². The van der Waals surface area contributed by atoms with Gasteiger partial charge in [0.2, 0.25) is 5.91 Å². The number of hydrogen-bond donors (Lipinski definition) is 1. The number of allylic oxidation sites excluding steroid dienone is 5. The molecule has 1 amide bonds.